The van der Waals surface area contributed by atoms with Gasteiger partial charge in [-0.1, -0.05) is 29.0 Å². The summed E-state index contributed by atoms with van der Waals surface area (Å²) in [5.41, 5.74) is 4.27. The third kappa shape index (κ3) is 2.98. The number of benzene rings is 1. The van der Waals surface area contributed by atoms with Gasteiger partial charge in [0.1, 0.15) is 0 Å². The van der Waals surface area contributed by atoms with Crippen LogP contribution in [-0.2, 0) is 12.8 Å². The standard InChI is InChI=1S/C17H15F2N5OS/c1-9-5-7-10(8-6-9)24-12-4-2-3-11(12)13(23-24)15(25)20-17-22-21-16(26-17)14(18)19/h5-8,14H,2-4H2,1H3,(H,20,22,25). The van der Waals surface area contributed by atoms with E-state index in [2.05, 4.69) is 20.6 Å². The molecule has 0 bridgehead atoms. The number of alkyl halides is 2. The van der Waals surface area contributed by atoms with Crippen LogP contribution in [-0.4, -0.2) is 25.9 Å². The van der Waals surface area contributed by atoms with Crippen molar-refractivity contribution >= 4 is 22.4 Å². The molecule has 0 aliphatic heterocycles. The lowest BCUT2D eigenvalue weighted by atomic mass is 10.2. The Balaban J connectivity index is 1.65. The summed E-state index contributed by atoms with van der Waals surface area (Å²) in [6.45, 7) is 2.01. The van der Waals surface area contributed by atoms with Crippen LogP contribution in [0, 0.1) is 6.92 Å². The number of aromatic nitrogens is 4. The number of amides is 1. The minimum Gasteiger partial charge on any atom is -0.295 e. The van der Waals surface area contributed by atoms with Gasteiger partial charge in [-0.05, 0) is 38.3 Å². The molecule has 3 aromatic rings. The molecule has 9 heteroatoms. The minimum absolute atomic E-state index is 0.0435. The molecule has 1 amide bonds. The van der Waals surface area contributed by atoms with E-state index in [1.165, 1.54) is 0 Å². The summed E-state index contributed by atoms with van der Waals surface area (Å²) in [6, 6.07) is 7.90. The molecule has 0 fully saturated rings. The number of nitrogens with zero attached hydrogens (tertiary/aromatic N) is 4. The Morgan fingerprint density at radius 2 is 2.00 bits per heavy atom. The molecule has 0 saturated heterocycles. The first-order valence-corrected chi connectivity index (χ1v) is 8.95. The zero-order valence-electron chi connectivity index (χ0n) is 13.9. The average Bonchev–Trinajstić information content (AvgIpc) is 3.31. The Kier molecular flexibility index (Phi) is 4.23. The van der Waals surface area contributed by atoms with Gasteiger partial charge in [0.2, 0.25) is 5.13 Å². The van der Waals surface area contributed by atoms with E-state index in [4.69, 9.17) is 0 Å². The molecule has 1 N–H and O–H groups in total. The van der Waals surface area contributed by atoms with Gasteiger partial charge < -0.3 is 0 Å². The third-order valence-corrected chi connectivity index (χ3v) is 5.12. The molecule has 1 aliphatic rings. The summed E-state index contributed by atoms with van der Waals surface area (Å²) in [5, 5.41) is 13.6. The molecule has 26 heavy (non-hydrogen) atoms. The zero-order valence-corrected chi connectivity index (χ0v) is 14.7. The number of rotatable bonds is 4. The molecule has 4 rings (SSSR count). The van der Waals surface area contributed by atoms with E-state index in [9.17, 15) is 13.6 Å². The van der Waals surface area contributed by atoms with Crippen LogP contribution in [0.15, 0.2) is 24.3 Å². The topological polar surface area (TPSA) is 72.7 Å². The second-order valence-electron chi connectivity index (χ2n) is 6.08. The fraction of sp³-hybridized carbons (Fsp3) is 0.294. The number of halogens is 2. The van der Waals surface area contributed by atoms with Crippen LogP contribution in [0.25, 0.3) is 5.69 Å². The Morgan fingerprint density at radius 1 is 1.23 bits per heavy atom. The largest absolute Gasteiger partial charge is 0.295 e. The second-order valence-corrected chi connectivity index (χ2v) is 7.08. The van der Waals surface area contributed by atoms with E-state index in [0.29, 0.717) is 17.0 Å². The van der Waals surface area contributed by atoms with Gasteiger partial charge in [0.15, 0.2) is 10.7 Å². The number of nitrogens with one attached hydrogen (secondary N) is 1. The van der Waals surface area contributed by atoms with Gasteiger partial charge in [0.05, 0.1) is 5.69 Å². The summed E-state index contributed by atoms with van der Waals surface area (Å²) < 4.78 is 27.0. The molecule has 0 saturated carbocycles. The van der Waals surface area contributed by atoms with Crippen LogP contribution in [0.1, 0.15) is 45.2 Å². The summed E-state index contributed by atoms with van der Waals surface area (Å²) in [7, 11) is 0. The second kappa shape index (κ2) is 6.56. The van der Waals surface area contributed by atoms with Crippen molar-refractivity contribution in [1.29, 1.82) is 0 Å². The highest BCUT2D eigenvalue weighted by Crippen LogP contribution is 2.29. The number of carbonyl (C=O) groups is 1. The van der Waals surface area contributed by atoms with Gasteiger partial charge in [-0.25, -0.2) is 13.5 Å². The van der Waals surface area contributed by atoms with Gasteiger partial charge in [-0.2, -0.15) is 5.10 Å². The van der Waals surface area contributed by atoms with Gasteiger partial charge >= 0.3 is 0 Å². The quantitative estimate of drug-likeness (QED) is 0.754. The Morgan fingerprint density at radius 3 is 2.69 bits per heavy atom. The summed E-state index contributed by atoms with van der Waals surface area (Å²) in [6.07, 6.45) is -0.142. The zero-order chi connectivity index (χ0) is 18.3. The molecule has 0 radical (unpaired) electrons. The minimum atomic E-state index is -2.71. The molecule has 0 spiro atoms. The Hall–Kier alpha value is -2.68. The van der Waals surface area contributed by atoms with Crippen molar-refractivity contribution in [3.05, 3.63) is 51.8 Å². The lowest BCUT2D eigenvalue weighted by Gasteiger charge is -2.05. The van der Waals surface area contributed by atoms with Crippen LogP contribution >= 0.6 is 11.3 Å². The highest BCUT2D eigenvalue weighted by molar-refractivity contribution is 7.15. The molecular formula is C17H15F2N5OS. The van der Waals surface area contributed by atoms with Crippen molar-refractivity contribution in [2.45, 2.75) is 32.6 Å². The molecular weight excluding hydrogens is 360 g/mol. The van der Waals surface area contributed by atoms with Crippen molar-refractivity contribution < 1.29 is 13.6 Å². The summed E-state index contributed by atoms with van der Waals surface area (Å²) in [4.78, 5) is 12.6. The van der Waals surface area contributed by atoms with Crippen molar-refractivity contribution in [3.8, 4) is 5.69 Å². The van der Waals surface area contributed by atoms with Crippen LogP contribution in [0.5, 0.6) is 0 Å². The average molecular weight is 375 g/mol. The molecule has 2 aromatic heterocycles. The predicted octanol–water partition coefficient (Wildman–Crippen LogP) is 3.71. The number of hydrogen-bond donors (Lipinski definition) is 1. The maximum Gasteiger partial charge on any atom is 0.291 e. The first kappa shape index (κ1) is 16.8. The lowest BCUT2D eigenvalue weighted by Crippen LogP contribution is -2.14. The van der Waals surface area contributed by atoms with E-state index in [-0.39, 0.29) is 5.13 Å². The number of carbonyl (C=O) groups excluding carboxylic acids is 1. The maximum atomic E-state index is 12.6. The fourth-order valence-corrected chi connectivity index (χ4v) is 3.64. The van der Waals surface area contributed by atoms with E-state index >= 15 is 0 Å². The highest BCUT2D eigenvalue weighted by atomic mass is 32.1. The van der Waals surface area contributed by atoms with Crippen LogP contribution in [0.2, 0.25) is 0 Å². The highest BCUT2D eigenvalue weighted by Gasteiger charge is 2.27. The fourth-order valence-electron chi connectivity index (χ4n) is 3.05. The van der Waals surface area contributed by atoms with Crippen molar-refractivity contribution in [2.24, 2.45) is 0 Å². The molecule has 0 atom stereocenters. The third-order valence-electron chi connectivity index (χ3n) is 4.27. The normalized spacial score (nSPS) is 13.2. The number of aryl methyl sites for hydroxylation is 1. The van der Waals surface area contributed by atoms with Crippen molar-refractivity contribution in [2.75, 3.05) is 5.32 Å². The number of anilines is 1. The first-order chi connectivity index (χ1) is 12.5. The molecule has 2 heterocycles. The molecule has 6 nitrogen and oxygen atoms in total. The van der Waals surface area contributed by atoms with Gasteiger partial charge in [-0.3, -0.25) is 10.1 Å². The van der Waals surface area contributed by atoms with Gasteiger partial charge in [-0.15, -0.1) is 10.2 Å². The van der Waals surface area contributed by atoms with E-state index < -0.39 is 17.3 Å². The van der Waals surface area contributed by atoms with Gasteiger partial charge in [0, 0.05) is 11.3 Å². The van der Waals surface area contributed by atoms with Crippen molar-refractivity contribution in [1.82, 2.24) is 20.0 Å². The predicted molar refractivity (Wildman–Crippen MR) is 93.1 cm³/mol. The maximum absolute atomic E-state index is 12.6. The summed E-state index contributed by atoms with van der Waals surface area (Å²) in [5.74, 6) is -0.453. The first-order valence-electron chi connectivity index (χ1n) is 8.13. The monoisotopic (exact) mass is 375 g/mol. The molecule has 1 aliphatic carbocycles. The molecule has 1 aromatic carbocycles. The van der Waals surface area contributed by atoms with E-state index in [1.54, 1.807) is 4.68 Å². The van der Waals surface area contributed by atoms with Crippen LogP contribution in [0.4, 0.5) is 13.9 Å². The Labute approximate surface area is 151 Å². The van der Waals surface area contributed by atoms with Crippen molar-refractivity contribution in [3.63, 3.8) is 0 Å². The van der Waals surface area contributed by atoms with Crippen LogP contribution in [0.3, 0.4) is 0 Å². The SMILES string of the molecule is Cc1ccc(-n2nc(C(=O)Nc3nnc(C(F)F)s3)c3c2CCC3)cc1. The Bertz CT molecular complexity index is 964. The van der Waals surface area contributed by atoms with Crippen LogP contribution < -0.4 is 5.32 Å². The molecule has 0 unspecified atom stereocenters. The molecule has 134 valence electrons. The van der Waals surface area contributed by atoms with E-state index in [0.717, 1.165) is 41.8 Å². The van der Waals surface area contributed by atoms with E-state index in [1.807, 2.05) is 31.2 Å². The lowest BCUT2D eigenvalue weighted by molar-refractivity contribution is 0.102. The van der Waals surface area contributed by atoms with Gasteiger partial charge in [0.25, 0.3) is 12.3 Å². The number of fused-ring (bicyclic) bond motifs is 1. The smallest absolute Gasteiger partial charge is 0.291 e. The summed E-state index contributed by atoms with van der Waals surface area (Å²) >= 11 is 0.663. The number of hydrogen-bond acceptors (Lipinski definition) is 5.